The zero-order chi connectivity index (χ0) is 31.2. The smallest absolute Gasteiger partial charge is 0.344 e. The number of aromatic nitrogens is 6. The van der Waals surface area contributed by atoms with Gasteiger partial charge in [0.05, 0.1) is 28.9 Å². The Kier molecular flexibility index (Phi) is 7.01. The molecule has 4 aromatic heterocycles. The van der Waals surface area contributed by atoms with Crippen LogP contribution in [-0.4, -0.2) is 34.9 Å². The van der Waals surface area contributed by atoms with E-state index in [1.165, 1.54) is 16.1 Å². The summed E-state index contributed by atoms with van der Waals surface area (Å²) in [6, 6.07) is 16.7. The number of nitrogens with zero attached hydrogens (tertiary/aromatic N) is 6. The van der Waals surface area contributed by atoms with Gasteiger partial charge in [0, 0.05) is 36.4 Å². The Labute approximate surface area is 248 Å². The fourth-order valence-corrected chi connectivity index (χ4v) is 5.25. The maximum absolute atomic E-state index is 14.2. The quantitative estimate of drug-likeness (QED) is 0.290. The van der Waals surface area contributed by atoms with Crippen molar-refractivity contribution in [1.82, 2.24) is 34.3 Å². The van der Waals surface area contributed by atoms with Crippen LogP contribution in [0.4, 0.5) is 13.2 Å². The maximum Gasteiger partial charge on any atom is 0.434 e. The molecule has 6 aromatic rings. The number of halogens is 3. The predicted molar refractivity (Wildman–Crippen MR) is 157 cm³/mol. The van der Waals surface area contributed by atoms with Crippen molar-refractivity contribution in [2.24, 2.45) is 7.05 Å². The minimum absolute atomic E-state index is 0.228. The SMILES string of the molecule is Cc1nn2cccnc2c1C(=O)N[C@@H](C)c1cc2cccc(C#Cc3cnn(C)c3C(F)(F)F)c2c(=O)n1-c1ccccc1. The molecule has 0 fully saturated rings. The number of nitrogens with one attached hydrogen (secondary N) is 1. The van der Waals surface area contributed by atoms with Crippen molar-refractivity contribution in [3.8, 4) is 17.5 Å². The standard InChI is InChI=1S/C32H24F3N7O2/c1-19(38-30(43)26-20(2)39-41-16-8-15-36-29(26)41)25-17-22-10-7-9-21(13-14-23-18-37-40(3)28(23)32(33,34)35)27(22)31(44)42(25)24-11-5-4-6-12-24/h4-12,15-19H,1-3H3,(H,38,43)/t19-/m0/s1. The van der Waals surface area contributed by atoms with Crippen LogP contribution < -0.4 is 10.9 Å². The van der Waals surface area contributed by atoms with Crippen LogP contribution in [0.1, 0.15) is 51.5 Å². The number of hydrogen-bond donors (Lipinski definition) is 1. The van der Waals surface area contributed by atoms with Crippen molar-refractivity contribution in [1.29, 1.82) is 0 Å². The Morgan fingerprint density at radius 3 is 2.52 bits per heavy atom. The minimum atomic E-state index is -4.65. The van der Waals surface area contributed by atoms with E-state index >= 15 is 0 Å². The number of carbonyl (C=O) groups excluding carboxylic acids is 1. The first-order chi connectivity index (χ1) is 21.0. The van der Waals surface area contributed by atoms with Crippen molar-refractivity contribution in [3.63, 3.8) is 0 Å². The van der Waals surface area contributed by atoms with Crippen LogP contribution in [0.25, 0.3) is 22.1 Å². The summed E-state index contributed by atoms with van der Waals surface area (Å²) in [6.07, 6.45) is -0.329. The molecular weight excluding hydrogens is 571 g/mol. The molecular formula is C32H24F3N7O2. The van der Waals surface area contributed by atoms with Crippen molar-refractivity contribution < 1.29 is 18.0 Å². The van der Waals surface area contributed by atoms with E-state index in [1.54, 1.807) is 80.8 Å². The fourth-order valence-electron chi connectivity index (χ4n) is 5.25. The number of alkyl halides is 3. The molecule has 44 heavy (non-hydrogen) atoms. The van der Waals surface area contributed by atoms with E-state index in [9.17, 15) is 22.8 Å². The van der Waals surface area contributed by atoms with E-state index in [0.717, 1.165) is 10.9 Å². The van der Waals surface area contributed by atoms with Crippen LogP contribution in [0.5, 0.6) is 0 Å². The molecule has 9 nitrogen and oxygen atoms in total. The van der Waals surface area contributed by atoms with Gasteiger partial charge in [-0.2, -0.15) is 23.4 Å². The molecule has 0 unspecified atom stereocenters. The normalized spacial score (nSPS) is 12.2. The molecule has 12 heteroatoms. The molecule has 1 atom stereocenters. The average Bonchev–Trinajstić information content (AvgIpc) is 3.54. The van der Waals surface area contributed by atoms with Crippen molar-refractivity contribution in [2.45, 2.75) is 26.1 Å². The van der Waals surface area contributed by atoms with E-state index < -0.39 is 29.4 Å². The van der Waals surface area contributed by atoms with Gasteiger partial charge in [-0.3, -0.25) is 18.8 Å². The minimum Gasteiger partial charge on any atom is -0.344 e. The summed E-state index contributed by atoms with van der Waals surface area (Å²) in [7, 11) is 1.19. The number of fused-ring (bicyclic) bond motifs is 2. The maximum atomic E-state index is 14.2. The fraction of sp³-hybridized carbons (Fsp3) is 0.156. The van der Waals surface area contributed by atoms with E-state index in [2.05, 4.69) is 32.3 Å². The molecule has 1 amide bonds. The van der Waals surface area contributed by atoms with Gasteiger partial charge in [-0.25, -0.2) is 9.50 Å². The molecule has 2 aromatic carbocycles. The molecule has 0 aliphatic heterocycles. The molecule has 0 aliphatic carbocycles. The van der Waals surface area contributed by atoms with Gasteiger partial charge in [-0.1, -0.05) is 42.2 Å². The van der Waals surface area contributed by atoms with E-state index in [-0.39, 0.29) is 16.5 Å². The Morgan fingerprint density at radius 2 is 1.77 bits per heavy atom. The zero-order valence-corrected chi connectivity index (χ0v) is 23.7. The predicted octanol–water partition coefficient (Wildman–Crippen LogP) is 4.98. The highest BCUT2D eigenvalue weighted by Gasteiger charge is 2.37. The lowest BCUT2D eigenvalue weighted by Gasteiger charge is -2.21. The van der Waals surface area contributed by atoms with E-state index in [1.807, 2.05) is 6.07 Å². The third-order valence-electron chi connectivity index (χ3n) is 7.22. The second-order valence-corrected chi connectivity index (χ2v) is 10.1. The van der Waals surface area contributed by atoms with Gasteiger partial charge >= 0.3 is 6.18 Å². The summed E-state index contributed by atoms with van der Waals surface area (Å²) in [4.78, 5) is 32.0. The van der Waals surface area contributed by atoms with Gasteiger partial charge in [-0.15, -0.1) is 0 Å². The van der Waals surface area contributed by atoms with Crippen LogP contribution >= 0.6 is 0 Å². The largest absolute Gasteiger partial charge is 0.434 e. The average molecular weight is 596 g/mol. The topological polar surface area (TPSA) is 99.1 Å². The highest BCUT2D eigenvalue weighted by molar-refractivity contribution is 6.01. The Bertz CT molecular complexity index is 2190. The number of rotatable bonds is 4. The van der Waals surface area contributed by atoms with E-state index in [0.29, 0.717) is 33.7 Å². The summed E-state index contributed by atoms with van der Waals surface area (Å²) in [5.74, 6) is 4.92. The molecule has 1 N–H and O–H groups in total. The highest BCUT2D eigenvalue weighted by Crippen LogP contribution is 2.31. The van der Waals surface area contributed by atoms with Gasteiger partial charge in [0.2, 0.25) is 0 Å². The van der Waals surface area contributed by atoms with Gasteiger partial charge in [-0.05, 0) is 49.6 Å². The number of amides is 1. The van der Waals surface area contributed by atoms with Gasteiger partial charge < -0.3 is 5.32 Å². The third-order valence-corrected chi connectivity index (χ3v) is 7.22. The number of carbonyl (C=O) groups is 1. The Morgan fingerprint density at radius 1 is 1.02 bits per heavy atom. The molecule has 6 rings (SSSR count). The summed E-state index contributed by atoms with van der Waals surface area (Å²) in [5.41, 5.74) is 0.784. The second-order valence-electron chi connectivity index (χ2n) is 10.1. The summed E-state index contributed by atoms with van der Waals surface area (Å²) < 4.78 is 44.5. The highest BCUT2D eigenvalue weighted by atomic mass is 19.4. The van der Waals surface area contributed by atoms with E-state index in [4.69, 9.17) is 0 Å². The van der Waals surface area contributed by atoms with Crippen molar-refractivity contribution in [2.75, 3.05) is 0 Å². The molecule has 0 saturated carbocycles. The zero-order valence-electron chi connectivity index (χ0n) is 23.7. The van der Waals surface area contributed by atoms with Crippen LogP contribution in [0.15, 0.2) is 84.0 Å². The molecule has 220 valence electrons. The van der Waals surface area contributed by atoms with Gasteiger partial charge in [0.15, 0.2) is 11.3 Å². The first kappa shape index (κ1) is 28.4. The second kappa shape index (κ2) is 10.9. The molecule has 0 aliphatic rings. The van der Waals surface area contributed by atoms with Gasteiger partial charge in [0.1, 0.15) is 5.56 Å². The lowest BCUT2D eigenvalue weighted by atomic mass is 10.0. The summed E-state index contributed by atoms with van der Waals surface area (Å²) >= 11 is 0. The Balaban J connectivity index is 1.48. The lowest BCUT2D eigenvalue weighted by molar-refractivity contribution is -0.143. The molecule has 0 spiro atoms. The summed E-state index contributed by atoms with van der Waals surface area (Å²) in [5, 5.41) is 11.8. The first-order valence-corrected chi connectivity index (χ1v) is 13.5. The number of aryl methyl sites for hydroxylation is 2. The third kappa shape index (κ3) is 4.98. The molecule has 0 bridgehead atoms. The number of hydrogen-bond acceptors (Lipinski definition) is 5. The van der Waals surface area contributed by atoms with Crippen molar-refractivity contribution in [3.05, 3.63) is 123 Å². The monoisotopic (exact) mass is 595 g/mol. The Hall–Kier alpha value is -5.70. The van der Waals surface area contributed by atoms with Crippen LogP contribution in [0, 0.1) is 18.8 Å². The van der Waals surface area contributed by atoms with Crippen LogP contribution in [-0.2, 0) is 13.2 Å². The van der Waals surface area contributed by atoms with Crippen molar-refractivity contribution >= 4 is 22.3 Å². The lowest BCUT2D eigenvalue weighted by Crippen LogP contribution is -2.32. The summed E-state index contributed by atoms with van der Waals surface area (Å²) in [6.45, 7) is 3.48. The van der Waals surface area contributed by atoms with Crippen LogP contribution in [0.3, 0.4) is 0 Å². The number of para-hydroxylation sites is 1. The van der Waals surface area contributed by atoms with Crippen LogP contribution in [0.2, 0.25) is 0 Å². The van der Waals surface area contributed by atoms with Gasteiger partial charge in [0.25, 0.3) is 11.5 Å². The number of pyridine rings is 1. The first-order valence-electron chi connectivity index (χ1n) is 13.5. The number of benzene rings is 2. The molecule has 0 radical (unpaired) electrons. The molecule has 4 heterocycles. The molecule has 0 saturated heterocycles.